The number of thiazole rings is 1. The number of benzene rings is 2. The van der Waals surface area contributed by atoms with Crippen molar-refractivity contribution in [2.24, 2.45) is 4.99 Å². The number of halogens is 1. The van der Waals surface area contributed by atoms with Crippen molar-refractivity contribution in [1.82, 2.24) is 4.57 Å². The van der Waals surface area contributed by atoms with Crippen molar-refractivity contribution in [2.75, 3.05) is 20.3 Å². The highest BCUT2D eigenvalue weighted by Crippen LogP contribution is 2.22. The molecule has 0 saturated carbocycles. The van der Waals surface area contributed by atoms with Crippen LogP contribution < -0.4 is 9.54 Å². The van der Waals surface area contributed by atoms with Crippen LogP contribution >= 0.6 is 27.3 Å². The highest BCUT2D eigenvalue weighted by atomic mass is 79.9. The van der Waals surface area contributed by atoms with E-state index in [1.54, 1.807) is 31.4 Å². The number of fused-ring (bicyclic) bond motifs is 1. The molecule has 1 heterocycles. The van der Waals surface area contributed by atoms with Crippen LogP contribution in [0.2, 0.25) is 0 Å². The van der Waals surface area contributed by atoms with Gasteiger partial charge in [-0.1, -0.05) is 33.3 Å². The van der Waals surface area contributed by atoms with Gasteiger partial charge in [-0.3, -0.25) is 4.79 Å². The molecular weight excluding hydrogens is 416 g/mol. The standard InChI is InChI=1S/C19H19BrN2O3S/c1-3-25-10-9-22-16-8-7-14(20)12-17(16)26-19(22)21-18(23)13-5-4-6-15(11-13)24-2/h4-8,11-12H,3,9-10H2,1-2H3. The van der Waals surface area contributed by atoms with Crippen LogP contribution in [0.3, 0.4) is 0 Å². The normalized spacial score (nSPS) is 11.9. The molecule has 136 valence electrons. The first kappa shape index (κ1) is 18.8. The monoisotopic (exact) mass is 434 g/mol. The number of rotatable bonds is 6. The molecule has 1 aromatic heterocycles. The second-order valence-electron chi connectivity index (χ2n) is 5.49. The first-order valence-electron chi connectivity index (χ1n) is 8.22. The Labute approximate surface area is 164 Å². The van der Waals surface area contributed by atoms with E-state index in [1.165, 1.54) is 11.3 Å². The molecule has 3 aromatic rings. The predicted octanol–water partition coefficient (Wildman–Crippen LogP) is 4.25. The van der Waals surface area contributed by atoms with Crippen molar-refractivity contribution in [3.8, 4) is 5.75 Å². The molecule has 0 bridgehead atoms. The molecule has 7 heteroatoms. The molecule has 0 N–H and O–H groups in total. The van der Waals surface area contributed by atoms with Crippen molar-refractivity contribution in [3.63, 3.8) is 0 Å². The number of carbonyl (C=O) groups excluding carboxylic acids is 1. The Hall–Kier alpha value is -1.96. The van der Waals surface area contributed by atoms with Gasteiger partial charge in [-0.15, -0.1) is 0 Å². The van der Waals surface area contributed by atoms with Gasteiger partial charge >= 0.3 is 0 Å². The largest absolute Gasteiger partial charge is 0.497 e. The number of methoxy groups -OCH3 is 1. The summed E-state index contributed by atoms with van der Waals surface area (Å²) in [5, 5.41) is 0. The summed E-state index contributed by atoms with van der Waals surface area (Å²) in [6.45, 7) is 3.83. The van der Waals surface area contributed by atoms with Crippen LogP contribution in [-0.2, 0) is 11.3 Å². The topological polar surface area (TPSA) is 52.8 Å². The molecule has 2 aromatic carbocycles. The number of hydrogen-bond donors (Lipinski definition) is 0. The fraction of sp³-hybridized carbons (Fsp3) is 0.263. The van der Waals surface area contributed by atoms with Gasteiger partial charge in [-0.2, -0.15) is 4.99 Å². The zero-order valence-corrected chi connectivity index (χ0v) is 17.0. The van der Waals surface area contributed by atoms with Gasteiger partial charge in [0.05, 0.1) is 23.9 Å². The zero-order valence-electron chi connectivity index (χ0n) is 14.6. The van der Waals surface area contributed by atoms with Crippen LogP contribution in [0.15, 0.2) is 51.9 Å². The lowest BCUT2D eigenvalue weighted by molar-refractivity contribution is 0.0996. The van der Waals surface area contributed by atoms with E-state index in [9.17, 15) is 4.79 Å². The van der Waals surface area contributed by atoms with E-state index < -0.39 is 0 Å². The Morgan fingerprint density at radius 3 is 2.88 bits per heavy atom. The van der Waals surface area contributed by atoms with Crippen LogP contribution in [0.4, 0.5) is 0 Å². The fourth-order valence-electron chi connectivity index (χ4n) is 2.56. The number of aromatic nitrogens is 1. The molecular formula is C19H19BrN2O3S. The Balaban J connectivity index is 2.05. The smallest absolute Gasteiger partial charge is 0.279 e. The fourth-order valence-corrected chi connectivity index (χ4v) is 4.16. The molecule has 5 nitrogen and oxygen atoms in total. The number of hydrogen-bond acceptors (Lipinski definition) is 4. The first-order valence-corrected chi connectivity index (χ1v) is 9.83. The third-order valence-corrected chi connectivity index (χ3v) is 5.36. The molecule has 26 heavy (non-hydrogen) atoms. The second-order valence-corrected chi connectivity index (χ2v) is 7.42. The summed E-state index contributed by atoms with van der Waals surface area (Å²) in [5.74, 6) is 0.343. The molecule has 0 atom stereocenters. The van der Waals surface area contributed by atoms with Crippen molar-refractivity contribution in [1.29, 1.82) is 0 Å². The van der Waals surface area contributed by atoms with E-state index in [4.69, 9.17) is 9.47 Å². The van der Waals surface area contributed by atoms with Crippen LogP contribution in [0.1, 0.15) is 17.3 Å². The van der Waals surface area contributed by atoms with Gasteiger partial charge < -0.3 is 14.0 Å². The van der Waals surface area contributed by atoms with Gasteiger partial charge in [0.15, 0.2) is 4.80 Å². The van der Waals surface area contributed by atoms with Crippen LogP contribution in [-0.4, -0.2) is 30.8 Å². The molecule has 1 amide bonds. The summed E-state index contributed by atoms with van der Waals surface area (Å²) in [4.78, 5) is 17.7. The summed E-state index contributed by atoms with van der Waals surface area (Å²) in [5.41, 5.74) is 1.54. The highest BCUT2D eigenvalue weighted by molar-refractivity contribution is 9.10. The highest BCUT2D eigenvalue weighted by Gasteiger charge is 2.10. The summed E-state index contributed by atoms with van der Waals surface area (Å²) in [6, 6.07) is 13.1. The summed E-state index contributed by atoms with van der Waals surface area (Å²) >= 11 is 4.98. The van der Waals surface area contributed by atoms with Gasteiger partial charge in [-0.05, 0) is 43.3 Å². The SMILES string of the molecule is CCOCCn1c(=NC(=O)c2cccc(OC)c2)sc2cc(Br)ccc21. The average Bonchev–Trinajstić information content (AvgIpc) is 2.98. The summed E-state index contributed by atoms with van der Waals surface area (Å²) < 4.78 is 14.8. The molecule has 3 rings (SSSR count). The molecule has 0 fully saturated rings. The lowest BCUT2D eigenvalue weighted by atomic mass is 10.2. The molecule has 0 spiro atoms. The van der Waals surface area contributed by atoms with E-state index in [2.05, 4.69) is 20.9 Å². The lowest BCUT2D eigenvalue weighted by Gasteiger charge is -2.05. The van der Waals surface area contributed by atoms with Crippen molar-refractivity contribution >= 4 is 43.4 Å². The molecule has 0 radical (unpaired) electrons. The van der Waals surface area contributed by atoms with Crippen LogP contribution in [0.25, 0.3) is 10.2 Å². The van der Waals surface area contributed by atoms with Crippen LogP contribution in [0, 0.1) is 0 Å². The number of ether oxygens (including phenoxy) is 2. The van der Waals surface area contributed by atoms with E-state index in [0.717, 1.165) is 14.7 Å². The maximum Gasteiger partial charge on any atom is 0.279 e. The van der Waals surface area contributed by atoms with E-state index in [0.29, 0.717) is 35.9 Å². The van der Waals surface area contributed by atoms with Crippen molar-refractivity contribution in [2.45, 2.75) is 13.5 Å². The molecule has 0 saturated heterocycles. The minimum Gasteiger partial charge on any atom is -0.497 e. The summed E-state index contributed by atoms with van der Waals surface area (Å²) in [7, 11) is 1.58. The summed E-state index contributed by atoms with van der Waals surface area (Å²) in [6.07, 6.45) is 0. The van der Waals surface area contributed by atoms with Gasteiger partial charge in [0, 0.05) is 23.2 Å². The number of nitrogens with zero attached hydrogens (tertiary/aromatic N) is 2. The van der Waals surface area contributed by atoms with Gasteiger partial charge in [0.25, 0.3) is 5.91 Å². The quantitative estimate of drug-likeness (QED) is 0.544. The van der Waals surface area contributed by atoms with E-state index in [-0.39, 0.29) is 5.91 Å². The average molecular weight is 435 g/mol. The number of carbonyl (C=O) groups is 1. The third kappa shape index (κ3) is 4.23. The molecule has 0 aliphatic heterocycles. The maximum absolute atomic E-state index is 12.6. The molecule has 0 aliphatic carbocycles. The zero-order chi connectivity index (χ0) is 18.5. The Morgan fingerprint density at radius 2 is 2.12 bits per heavy atom. The minimum absolute atomic E-state index is 0.292. The Morgan fingerprint density at radius 1 is 1.27 bits per heavy atom. The third-order valence-electron chi connectivity index (χ3n) is 3.82. The molecule has 0 aliphatic rings. The van der Waals surface area contributed by atoms with Crippen molar-refractivity contribution < 1.29 is 14.3 Å². The maximum atomic E-state index is 12.6. The lowest BCUT2D eigenvalue weighted by Crippen LogP contribution is -2.19. The second kappa shape index (κ2) is 8.62. The van der Waals surface area contributed by atoms with Crippen LogP contribution in [0.5, 0.6) is 5.75 Å². The predicted molar refractivity (Wildman–Crippen MR) is 107 cm³/mol. The Bertz CT molecular complexity index is 994. The van der Waals surface area contributed by atoms with Gasteiger partial charge in [0.1, 0.15) is 5.75 Å². The van der Waals surface area contributed by atoms with E-state index in [1.807, 2.05) is 29.7 Å². The van der Waals surface area contributed by atoms with Gasteiger partial charge in [0.2, 0.25) is 0 Å². The molecule has 0 unspecified atom stereocenters. The Kier molecular flexibility index (Phi) is 6.24. The number of amides is 1. The minimum atomic E-state index is -0.292. The first-order chi connectivity index (χ1) is 12.6. The van der Waals surface area contributed by atoms with E-state index >= 15 is 0 Å². The van der Waals surface area contributed by atoms with Crippen molar-refractivity contribution in [3.05, 3.63) is 57.3 Å². The van der Waals surface area contributed by atoms with Gasteiger partial charge in [-0.25, -0.2) is 0 Å².